The van der Waals surface area contributed by atoms with Crippen molar-refractivity contribution in [1.82, 2.24) is 10.6 Å². The molecule has 286 valence electrons. The van der Waals surface area contributed by atoms with Crippen molar-refractivity contribution in [3.63, 3.8) is 0 Å². The maximum absolute atomic E-state index is 13.5. The number of hydrogen-bond acceptors (Lipinski definition) is 7. The highest BCUT2D eigenvalue weighted by Crippen LogP contribution is 2.54. The van der Waals surface area contributed by atoms with Gasteiger partial charge in [0.25, 0.3) is 0 Å². The summed E-state index contributed by atoms with van der Waals surface area (Å²) in [5.74, 6) is -22.4. The number of carboxylic acids is 1. The van der Waals surface area contributed by atoms with Gasteiger partial charge in [-0.3, -0.25) is 9.59 Å². The maximum Gasteiger partial charge on any atom is 0.490 e. The van der Waals surface area contributed by atoms with Crippen LogP contribution >= 0.6 is 12.6 Å². The van der Waals surface area contributed by atoms with Crippen molar-refractivity contribution in [2.24, 2.45) is 5.73 Å². The summed E-state index contributed by atoms with van der Waals surface area (Å²) in [6.07, 6.45) is -11.0. The van der Waals surface area contributed by atoms with Gasteiger partial charge in [0.15, 0.2) is 0 Å². The summed E-state index contributed by atoms with van der Waals surface area (Å²) < 4.78 is 158. The number of thiol groups is 1. The molecule has 48 heavy (non-hydrogen) atoms. The molecule has 0 aliphatic rings. The van der Waals surface area contributed by atoms with Gasteiger partial charge in [0, 0.05) is 31.7 Å². The van der Waals surface area contributed by atoms with Crippen molar-refractivity contribution in [1.29, 1.82) is 0 Å². The van der Waals surface area contributed by atoms with Gasteiger partial charge in [0.1, 0.15) is 6.04 Å². The molecule has 1 atom stereocenters. The van der Waals surface area contributed by atoms with E-state index in [1.165, 1.54) is 0 Å². The van der Waals surface area contributed by atoms with E-state index in [9.17, 15) is 62.3 Å². The van der Waals surface area contributed by atoms with Crippen molar-refractivity contribution in [3.8, 4) is 0 Å². The van der Waals surface area contributed by atoms with Crippen LogP contribution in [0.4, 0.5) is 52.7 Å². The first-order valence-electron chi connectivity index (χ1n) is 14.5. The van der Waals surface area contributed by atoms with Gasteiger partial charge in [-0.05, 0) is 12.8 Å². The number of hydrogen-bond donors (Lipinski definition) is 5. The highest BCUT2D eigenvalue weighted by Gasteiger charge is 2.81. The molecule has 9 nitrogen and oxygen atoms in total. The zero-order valence-electron chi connectivity index (χ0n) is 25.6. The normalized spacial score (nSPS) is 13.4. The Morgan fingerprint density at radius 3 is 1.60 bits per heavy atom. The second kappa shape index (κ2) is 23.2. The minimum Gasteiger partial charge on any atom is -0.475 e. The van der Waals surface area contributed by atoms with E-state index >= 15 is 0 Å². The molecule has 0 spiro atoms. The summed E-state index contributed by atoms with van der Waals surface area (Å²) in [7, 11) is 0. The highest BCUT2D eigenvalue weighted by atomic mass is 32.1. The van der Waals surface area contributed by atoms with Crippen molar-refractivity contribution in [2.45, 2.75) is 100 Å². The lowest BCUT2D eigenvalue weighted by Crippen LogP contribution is -2.60. The van der Waals surface area contributed by atoms with E-state index in [4.69, 9.17) is 25.1 Å². The molecule has 0 rings (SSSR count). The summed E-state index contributed by atoms with van der Waals surface area (Å²) in [6.45, 7) is 2.07. The van der Waals surface area contributed by atoms with Gasteiger partial charge in [0.05, 0.1) is 26.4 Å². The molecule has 5 N–H and O–H groups in total. The van der Waals surface area contributed by atoms with Crippen LogP contribution in [-0.4, -0.2) is 104 Å². The van der Waals surface area contributed by atoms with Crippen molar-refractivity contribution in [2.75, 3.05) is 45.3 Å². The fraction of sp³-hybridized carbons (Fsp3) is 0.885. The van der Waals surface area contributed by atoms with Gasteiger partial charge >= 0.3 is 36.1 Å². The Hall–Kier alpha value is -2.20. The molecule has 0 saturated heterocycles. The lowest BCUT2D eigenvalue weighted by atomic mass is 9.97. The molecule has 0 heterocycles. The number of nitrogens with two attached hydrogens (primary N) is 1. The smallest absolute Gasteiger partial charge is 0.475 e. The summed E-state index contributed by atoms with van der Waals surface area (Å²) >= 11 is 4.08. The number of carbonyl (C=O) groups excluding carboxylic acids is 2. The number of unbranched alkanes of at least 4 members (excludes halogenated alkanes) is 7. The number of alkyl halides is 12. The molecule has 0 aromatic carbocycles. The van der Waals surface area contributed by atoms with E-state index in [1.54, 1.807) is 0 Å². The number of halogens is 12. The first kappa shape index (κ1) is 47.9. The number of ether oxygens (including phenoxy) is 2. The first-order valence-corrected chi connectivity index (χ1v) is 15.2. The van der Waals surface area contributed by atoms with Crippen LogP contribution in [0.25, 0.3) is 0 Å². The zero-order valence-corrected chi connectivity index (χ0v) is 26.5. The quantitative estimate of drug-likeness (QED) is 0.0498. The van der Waals surface area contributed by atoms with Gasteiger partial charge in [-0.2, -0.15) is 65.3 Å². The number of carboxylic acid groups (broad SMARTS) is 1. The Bertz CT molecular complexity index is 928. The van der Waals surface area contributed by atoms with Gasteiger partial charge in [-0.1, -0.05) is 38.5 Å². The lowest BCUT2D eigenvalue weighted by molar-refractivity contribution is -0.396. The monoisotopic (exact) mass is 751 g/mol. The Morgan fingerprint density at radius 1 is 0.708 bits per heavy atom. The van der Waals surface area contributed by atoms with E-state index < -0.39 is 60.9 Å². The largest absolute Gasteiger partial charge is 0.490 e. The van der Waals surface area contributed by atoms with Gasteiger partial charge in [0.2, 0.25) is 11.8 Å². The predicted molar refractivity (Wildman–Crippen MR) is 150 cm³/mol. The van der Waals surface area contributed by atoms with Crippen LogP contribution in [0.2, 0.25) is 0 Å². The van der Waals surface area contributed by atoms with E-state index in [0.29, 0.717) is 64.9 Å². The van der Waals surface area contributed by atoms with Gasteiger partial charge in [-0.25, -0.2) is 4.79 Å². The van der Waals surface area contributed by atoms with Crippen molar-refractivity contribution >= 4 is 30.4 Å². The summed E-state index contributed by atoms with van der Waals surface area (Å²) in [6, 6.07) is -0.828. The Kier molecular flexibility index (Phi) is 23.2. The van der Waals surface area contributed by atoms with Crippen LogP contribution in [0.15, 0.2) is 0 Å². The molecule has 2 amide bonds. The van der Waals surface area contributed by atoms with Gasteiger partial charge < -0.3 is 30.9 Å². The Balaban J connectivity index is 0. The van der Waals surface area contributed by atoms with Crippen LogP contribution in [-0.2, 0) is 23.9 Å². The average molecular weight is 752 g/mol. The van der Waals surface area contributed by atoms with Crippen LogP contribution in [0.1, 0.15) is 64.2 Å². The summed E-state index contributed by atoms with van der Waals surface area (Å²) in [4.78, 5) is 33.2. The van der Waals surface area contributed by atoms with E-state index in [1.807, 2.05) is 0 Å². The number of carbonyl (C=O) groups is 3. The number of nitrogens with one attached hydrogen (secondary N) is 2. The summed E-state index contributed by atoms with van der Waals surface area (Å²) in [5.41, 5.74) is 5.28. The van der Waals surface area contributed by atoms with E-state index in [-0.39, 0.29) is 37.7 Å². The molecule has 0 saturated carbocycles. The fourth-order valence-corrected chi connectivity index (χ4v) is 3.75. The zero-order chi connectivity index (χ0) is 37.7. The maximum atomic E-state index is 13.5. The molecule has 0 aliphatic carbocycles. The molecule has 0 aromatic heterocycles. The third-order valence-electron chi connectivity index (χ3n) is 6.11. The van der Waals surface area contributed by atoms with E-state index in [0.717, 1.165) is 0 Å². The molecule has 0 aromatic rings. The fourth-order valence-electron chi connectivity index (χ4n) is 3.49. The summed E-state index contributed by atoms with van der Waals surface area (Å²) in [5, 5.41) is 12.3. The molecule has 0 aliphatic heterocycles. The first-order chi connectivity index (χ1) is 22.0. The molecular weight excluding hydrogens is 710 g/mol. The standard InChI is InChI=1S/C24H40F9N3O4S.C2HF3O2/c25-21(26,22(27,28)23(29,30)24(31,32)33)10-8-6-4-2-1-3-5-7-9-19(37)36-18(17-41)20(38)35-12-14-40-16-15-39-13-11-34;3-2(4,5)1(6)7/h18,41H,1-17,34H2,(H,35,38)(H,36,37);(H,6,7)/t18-;/m0./s1. The molecule has 0 fully saturated rings. The third kappa shape index (κ3) is 19.1. The molecule has 0 bridgehead atoms. The van der Waals surface area contributed by atoms with Crippen LogP contribution in [0, 0.1) is 0 Å². The SMILES string of the molecule is NCCOCCOCCNC(=O)[C@H](CS)NC(=O)CCCCCCCCCCC(F)(F)C(F)(F)C(F)(F)C(F)(F)F.O=C(O)C(F)(F)F. The predicted octanol–water partition coefficient (Wildman–Crippen LogP) is 5.51. The molecule has 0 unspecified atom stereocenters. The van der Waals surface area contributed by atoms with Gasteiger partial charge in [-0.15, -0.1) is 0 Å². The number of aliphatic carboxylic acids is 1. The minimum atomic E-state index is -6.85. The van der Waals surface area contributed by atoms with E-state index in [2.05, 4.69) is 23.3 Å². The molecule has 22 heteroatoms. The van der Waals surface area contributed by atoms with Crippen molar-refractivity contribution < 1.29 is 81.6 Å². The second-order valence-corrected chi connectivity index (χ2v) is 10.5. The molecular formula is C26H41F12N3O6S. The Labute approximate surface area is 274 Å². The van der Waals surface area contributed by atoms with Crippen LogP contribution in [0.3, 0.4) is 0 Å². The second-order valence-electron chi connectivity index (χ2n) is 10.1. The third-order valence-corrected chi connectivity index (χ3v) is 6.48. The average Bonchev–Trinajstić information content (AvgIpc) is 2.97. The Morgan fingerprint density at radius 2 is 1.17 bits per heavy atom. The minimum absolute atomic E-state index is 0.0474. The molecule has 0 radical (unpaired) electrons. The van der Waals surface area contributed by atoms with Crippen LogP contribution < -0.4 is 16.4 Å². The van der Waals surface area contributed by atoms with Crippen molar-refractivity contribution in [3.05, 3.63) is 0 Å². The highest BCUT2D eigenvalue weighted by molar-refractivity contribution is 7.80. The van der Waals surface area contributed by atoms with Crippen LogP contribution in [0.5, 0.6) is 0 Å². The topological polar surface area (TPSA) is 140 Å². The number of rotatable bonds is 24. The lowest BCUT2D eigenvalue weighted by Gasteiger charge is -2.33. The number of amides is 2.